The molecule has 0 saturated carbocycles. The van der Waals surface area contributed by atoms with Crippen LogP contribution in [0.15, 0.2) is 18.2 Å². The highest BCUT2D eigenvalue weighted by molar-refractivity contribution is 6.48. The fourth-order valence-corrected chi connectivity index (χ4v) is 1.73. The largest absolute Gasteiger partial charge is 0.497 e. The molecule has 1 aromatic rings. The number of aliphatic hydroxyl groups is 1. The molecule has 0 saturated heterocycles. The van der Waals surface area contributed by atoms with Crippen molar-refractivity contribution in [2.45, 2.75) is 51.7 Å². The summed E-state index contributed by atoms with van der Waals surface area (Å²) >= 11 is 0. The second-order valence-electron chi connectivity index (χ2n) is 6.46. The monoisotopic (exact) mass is 321 g/mol. The highest BCUT2D eigenvalue weighted by Gasteiger charge is 2.36. The zero-order chi connectivity index (χ0) is 17.7. The first-order valence-corrected chi connectivity index (χ1v) is 7.58. The average molecular weight is 321 g/mol. The number of aryl methyl sites for hydroxylation is 1. The van der Waals surface area contributed by atoms with Gasteiger partial charge in [0.2, 0.25) is 0 Å². The fraction of sp³-hybridized carbons (Fsp3) is 0.588. The second kappa shape index (κ2) is 7.84. The Kier molecular flexibility index (Phi) is 6.65. The first kappa shape index (κ1) is 19.5. The summed E-state index contributed by atoms with van der Waals surface area (Å²) in [5.41, 5.74) is -0.0292. The lowest BCUT2D eigenvalue weighted by atomic mass is 9.81. The van der Waals surface area contributed by atoms with Crippen molar-refractivity contribution < 1.29 is 24.0 Å². The van der Waals surface area contributed by atoms with Gasteiger partial charge in [0.05, 0.1) is 25.4 Å². The van der Waals surface area contributed by atoms with Crippen LogP contribution in [0, 0.1) is 0 Å². The molecule has 6 heteroatoms. The maximum Gasteiger partial charge on any atom is 0.334 e. The Balaban J connectivity index is 2.85. The quantitative estimate of drug-likeness (QED) is 0.582. The summed E-state index contributed by atoms with van der Waals surface area (Å²) in [6.45, 7) is 7.03. The van der Waals surface area contributed by atoms with Gasteiger partial charge in [0.1, 0.15) is 5.75 Å². The number of benzene rings is 1. The van der Waals surface area contributed by atoms with Crippen molar-refractivity contribution in [2.75, 3.05) is 14.2 Å². The Morgan fingerprint density at radius 1 is 1.22 bits per heavy atom. The molecule has 0 aliphatic heterocycles. The predicted molar refractivity (Wildman–Crippen MR) is 90.2 cm³/mol. The number of methoxy groups -OCH3 is 2. The molecule has 0 aromatic heterocycles. The van der Waals surface area contributed by atoms with E-state index in [9.17, 15) is 9.90 Å². The van der Waals surface area contributed by atoms with E-state index in [0.717, 1.165) is 11.0 Å². The first-order valence-electron chi connectivity index (χ1n) is 7.58. The molecule has 0 fully saturated rings. The van der Waals surface area contributed by atoms with Crippen LogP contribution >= 0.6 is 0 Å². The van der Waals surface area contributed by atoms with Crippen molar-refractivity contribution in [3.63, 3.8) is 0 Å². The zero-order valence-corrected chi connectivity index (χ0v) is 14.8. The Labute approximate surface area is 139 Å². The smallest absolute Gasteiger partial charge is 0.334 e. The normalized spacial score (nSPS) is 12.0. The molecule has 0 heterocycles. The van der Waals surface area contributed by atoms with E-state index in [0.29, 0.717) is 18.6 Å². The molecule has 0 spiro atoms. The molecule has 1 radical (unpaired) electrons. The van der Waals surface area contributed by atoms with E-state index in [2.05, 4.69) is 4.74 Å². The number of esters is 1. The van der Waals surface area contributed by atoms with E-state index in [4.69, 9.17) is 9.39 Å². The van der Waals surface area contributed by atoms with Crippen LogP contribution in [0.25, 0.3) is 0 Å². The Morgan fingerprint density at radius 2 is 1.87 bits per heavy atom. The molecule has 23 heavy (non-hydrogen) atoms. The Hall–Kier alpha value is -1.53. The Bertz CT molecular complexity index is 534. The van der Waals surface area contributed by atoms with Crippen molar-refractivity contribution in [3.8, 4) is 5.75 Å². The highest BCUT2D eigenvalue weighted by Crippen LogP contribution is 2.24. The lowest BCUT2D eigenvalue weighted by Crippen LogP contribution is -2.49. The van der Waals surface area contributed by atoms with Gasteiger partial charge in [-0.1, -0.05) is 12.1 Å². The van der Waals surface area contributed by atoms with Crippen LogP contribution in [0.2, 0.25) is 0 Å². The van der Waals surface area contributed by atoms with E-state index in [1.165, 1.54) is 7.11 Å². The van der Waals surface area contributed by atoms with Gasteiger partial charge >= 0.3 is 13.5 Å². The third kappa shape index (κ3) is 5.55. The van der Waals surface area contributed by atoms with E-state index in [1.807, 2.05) is 32.0 Å². The number of carbonyl (C=O) groups is 1. The van der Waals surface area contributed by atoms with Gasteiger partial charge in [-0.05, 0) is 51.2 Å². The van der Waals surface area contributed by atoms with E-state index in [1.54, 1.807) is 28.4 Å². The van der Waals surface area contributed by atoms with Crippen LogP contribution in [-0.2, 0) is 20.6 Å². The molecule has 0 aliphatic rings. The standard InChI is InChI=1S/C17H26BO5/c1-16(2,20)17(3,4)23-18-13-11-12(7-9-14(13)21-5)8-10-15(19)22-6/h7,9,11,20H,8,10H2,1-6H3. The van der Waals surface area contributed by atoms with Gasteiger partial charge in [0.15, 0.2) is 0 Å². The summed E-state index contributed by atoms with van der Waals surface area (Å²) in [6, 6.07) is 5.64. The minimum absolute atomic E-state index is 0.245. The van der Waals surface area contributed by atoms with Crippen LogP contribution in [0.1, 0.15) is 39.7 Å². The molecular weight excluding hydrogens is 295 g/mol. The van der Waals surface area contributed by atoms with E-state index >= 15 is 0 Å². The summed E-state index contributed by atoms with van der Waals surface area (Å²) in [6.07, 6.45) is 0.894. The van der Waals surface area contributed by atoms with Crippen LogP contribution < -0.4 is 10.2 Å². The van der Waals surface area contributed by atoms with Crippen molar-refractivity contribution in [1.82, 2.24) is 0 Å². The third-order valence-corrected chi connectivity index (χ3v) is 4.09. The number of carbonyl (C=O) groups excluding carboxylic acids is 1. The number of rotatable bonds is 8. The van der Waals surface area contributed by atoms with Crippen LogP contribution in [-0.4, -0.2) is 44.0 Å². The maximum atomic E-state index is 11.3. The van der Waals surface area contributed by atoms with E-state index < -0.39 is 11.2 Å². The summed E-state index contributed by atoms with van der Waals surface area (Å²) in [5.74, 6) is 0.420. The van der Waals surface area contributed by atoms with Crippen molar-refractivity contribution in [3.05, 3.63) is 23.8 Å². The van der Waals surface area contributed by atoms with Crippen LogP contribution in [0.4, 0.5) is 0 Å². The fourth-order valence-electron chi connectivity index (χ4n) is 1.73. The van der Waals surface area contributed by atoms with Gasteiger partial charge in [-0.25, -0.2) is 0 Å². The van der Waals surface area contributed by atoms with Gasteiger partial charge in [0, 0.05) is 6.42 Å². The summed E-state index contributed by atoms with van der Waals surface area (Å²) in [4.78, 5) is 11.3. The van der Waals surface area contributed by atoms with Gasteiger partial charge in [-0.3, -0.25) is 4.79 Å². The molecule has 0 unspecified atom stereocenters. The second-order valence-corrected chi connectivity index (χ2v) is 6.46. The highest BCUT2D eigenvalue weighted by atomic mass is 16.5. The van der Waals surface area contributed by atoms with Crippen molar-refractivity contribution in [2.24, 2.45) is 0 Å². The number of hydrogen-bond donors (Lipinski definition) is 1. The lowest BCUT2D eigenvalue weighted by molar-refractivity contribution is -0.140. The summed E-state index contributed by atoms with van der Waals surface area (Å²) in [7, 11) is 4.54. The molecule has 1 aromatic carbocycles. The van der Waals surface area contributed by atoms with Gasteiger partial charge in [0.25, 0.3) is 0 Å². The number of ether oxygens (including phenoxy) is 2. The first-order chi connectivity index (χ1) is 10.6. The topological polar surface area (TPSA) is 65.0 Å². The molecule has 0 bridgehead atoms. The van der Waals surface area contributed by atoms with Gasteiger partial charge < -0.3 is 19.2 Å². The molecule has 5 nitrogen and oxygen atoms in total. The van der Waals surface area contributed by atoms with Crippen LogP contribution in [0.3, 0.4) is 0 Å². The molecule has 0 amide bonds. The predicted octanol–water partition coefficient (Wildman–Crippen LogP) is 1.61. The minimum atomic E-state index is -1.00. The molecular formula is C17H26BO5. The lowest BCUT2D eigenvalue weighted by Gasteiger charge is -2.37. The van der Waals surface area contributed by atoms with Crippen LogP contribution in [0.5, 0.6) is 5.75 Å². The third-order valence-electron chi connectivity index (χ3n) is 4.09. The molecule has 1 N–H and O–H groups in total. The SMILES string of the molecule is COC(=O)CCc1ccc(OC)c([B]OC(C)(C)C(C)(C)O)c1. The molecule has 0 atom stereocenters. The summed E-state index contributed by atoms with van der Waals surface area (Å²) < 4.78 is 15.8. The summed E-state index contributed by atoms with van der Waals surface area (Å²) in [5, 5.41) is 10.1. The molecule has 127 valence electrons. The minimum Gasteiger partial charge on any atom is -0.497 e. The average Bonchev–Trinajstić information content (AvgIpc) is 2.49. The maximum absolute atomic E-state index is 11.3. The number of hydrogen-bond acceptors (Lipinski definition) is 5. The molecule has 1 rings (SSSR count). The van der Waals surface area contributed by atoms with E-state index in [-0.39, 0.29) is 5.97 Å². The zero-order valence-electron chi connectivity index (χ0n) is 14.8. The Morgan fingerprint density at radius 3 is 2.39 bits per heavy atom. The van der Waals surface area contributed by atoms with Gasteiger partial charge in [-0.15, -0.1) is 0 Å². The molecule has 0 aliphatic carbocycles. The van der Waals surface area contributed by atoms with Crippen molar-refractivity contribution in [1.29, 1.82) is 0 Å². The van der Waals surface area contributed by atoms with Crippen molar-refractivity contribution >= 4 is 18.9 Å². The van der Waals surface area contributed by atoms with Gasteiger partial charge in [-0.2, -0.15) is 0 Å².